The van der Waals surface area contributed by atoms with Gasteiger partial charge < -0.3 is 10.2 Å². The van der Waals surface area contributed by atoms with Crippen molar-refractivity contribution in [2.24, 2.45) is 0 Å². The van der Waals surface area contributed by atoms with E-state index >= 15 is 0 Å². The van der Waals surface area contributed by atoms with Gasteiger partial charge in [0.2, 0.25) is 5.95 Å². The van der Waals surface area contributed by atoms with E-state index in [0.29, 0.717) is 31.2 Å². The third kappa shape index (κ3) is 3.97. The number of hydrogen-bond donors (Lipinski definition) is 1. The zero-order valence-corrected chi connectivity index (χ0v) is 15.2. The molecule has 1 aromatic rings. The van der Waals surface area contributed by atoms with Crippen molar-refractivity contribution >= 4 is 31.4 Å². The highest BCUT2D eigenvalue weighted by molar-refractivity contribution is 7.91. The van der Waals surface area contributed by atoms with E-state index < -0.39 is 19.7 Å². The predicted octanol–water partition coefficient (Wildman–Crippen LogP) is 0.0890. The molecular formula is C14H22N4O4S2. The van der Waals surface area contributed by atoms with E-state index in [0.717, 1.165) is 0 Å². The lowest BCUT2D eigenvalue weighted by Crippen LogP contribution is -2.37. The molecule has 3 rings (SSSR count). The number of hydrogen-bond acceptors (Lipinski definition) is 8. The summed E-state index contributed by atoms with van der Waals surface area (Å²) in [5.41, 5.74) is 0. The fourth-order valence-corrected chi connectivity index (χ4v) is 6.70. The monoisotopic (exact) mass is 374 g/mol. The van der Waals surface area contributed by atoms with Gasteiger partial charge in [0.05, 0.1) is 23.0 Å². The maximum absolute atomic E-state index is 11.7. The summed E-state index contributed by atoms with van der Waals surface area (Å²) in [6, 6.07) is 1.51. The van der Waals surface area contributed by atoms with Gasteiger partial charge in [-0.05, 0) is 25.8 Å². The number of sulfone groups is 2. The molecule has 0 aromatic carbocycles. The first-order valence-corrected chi connectivity index (χ1v) is 11.7. The van der Waals surface area contributed by atoms with Crippen molar-refractivity contribution in [2.75, 3.05) is 39.8 Å². The molecule has 3 heterocycles. The van der Waals surface area contributed by atoms with Crippen LogP contribution < -0.4 is 10.2 Å². The van der Waals surface area contributed by atoms with Crippen LogP contribution in [0, 0.1) is 0 Å². The molecule has 2 unspecified atom stereocenters. The van der Waals surface area contributed by atoms with E-state index in [2.05, 4.69) is 15.3 Å². The lowest BCUT2D eigenvalue weighted by atomic mass is 10.2. The molecule has 1 N–H and O–H groups in total. The summed E-state index contributed by atoms with van der Waals surface area (Å²) < 4.78 is 46.5. The van der Waals surface area contributed by atoms with Gasteiger partial charge in [-0.15, -0.1) is 0 Å². The number of anilines is 2. The Kier molecular flexibility index (Phi) is 4.69. The van der Waals surface area contributed by atoms with Crippen molar-refractivity contribution in [1.29, 1.82) is 0 Å². The molecule has 2 fully saturated rings. The van der Waals surface area contributed by atoms with Crippen molar-refractivity contribution in [1.82, 2.24) is 9.97 Å². The van der Waals surface area contributed by atoms with Crippen molar-refractivity contribution in [3.05, 3.63) is 12.3 Å². The first-order valence-electron chi connectivity index (χ1n) is 8.05. The standard InChI is InChI=1S/C14H22N4O4S2/c1-2-18(12-5-8-24(21,22)10-12)13-3-6-15-14(17-13)16-11-4-7-23(19,20)9-11/h3,6,11-12H,2,4-5,7-10H2,1H3,(H,15,16,17). The highest BCUT2D eigenvalue weighted by atomic mass is 32.2. The van der Waals surface area contributed by atoms with Crippen LogP contribution in [0.5, 0.6) is 0 Å². The fraction of sp³-hybridized carbons (Fsp3) is 0.714. The van der Waals surface area contributed by atoms with Crippen LogP contribution in [0.2, 0.25) is 0 Å². The highest BCUT2D eigenvalue weighted by Gasteiger charge is 2.33. The van der Waals surface area contributed by atoms with Gasteiger partial charge in [-0.1, -0.05) is 0 Å². The maximum atomic E-state index is 11.7. The van der Waals surface area contributed by atoms with Crippen LogP contribution in [0.3, 0.4) is 0 Å². The normalized spacial score (nSPS) is 27.9. The Hall–Kier alpha value is -1.42. The minimum Gasteiger partial charge on any atom is -0.353 e. The Bertz CT molecular complexity index is 810. The molecule has 8 nitrogen and oxygen atoms in total. The van der Waals surface area contributed by atoms with Crippen LogP contribution in [-0.4, -0.2) is 68.4 Å². The van der Waals surface area contributed by atoms with Crippen LogP contribution in [-0.2, 0) is 19.7 Å². The van der Waals surface area contributed by atoms with E-state index in [-0.39, 0.29) is 35.1 Å². The summed E-state index contributed by atoms with van der Waals surface area (Å²) in [6.45, 7) is 2.61. The fourth-order valence-electron chi connectivity index (χ4n) is 3.30. The molecule has 10 heteroatoms. The SMILES string of the molecule is CCN(c1ccnc(NC2CCS(=O)(=O)C2)n1)C1CCS(=O)(=O)C1. The van der Waals surface area contributed by atoms with Gasteiger partial charge in [-0.25, -0.2) is 21.8 Å². The van der Waals surface area contributed by atoms with Crippen molar-refractivity contribution in [2.45, 2.75) is 31.8 Å². The molecule has 1 aromatic heterocycles. The molecule has 0 radical (unpaired) electrons. The van der Waals surface area contributed by atoms with Crippen LogP contribution in [0.1, 0.15) is 19.8 Å². The molecule has 2 atom stereocenters. The lowest BCUT2D eigenvalue weighted by molar-refractivity contribution is 0.598. The minimum atomic E-state index is -2.97. The summed E-state index contributed by atoms with van der Waals surface area (Å²) in [7, 11) is -5.94. The molecule has 2 aliphatic heterocycles. The Morgan fingerprint density at radius 1 is 1.17 bits per heavy atom. The maximum Gasteiger partial charge on any atom is 0.224 e. The Labute approximate surface area is 142 Å². The molecule has 0 spiro atoms. The first kappa shape index (κ1) is 17.4. The van der Waals surface area contributed by atoms with Crippen LogP contribution in [0.15, 0.2) is 12.3 Å². The second-order valence-electron chi connectivity index (χ2n) is 6.33. The van der Waals surface area contributed by atoms with Gasteiger partial charge in [0.15, 0.2) is 19.7 Å². The number of nitrogens with one attached hydrogen (secondary N) is 1. The average molecular weight is 374 g/mol. The van der Waals surface area contributed by atoms with Crippen molar-refractivity contribution in [3.8, 4) is 0 Å². The molecule has 0 aliphatic carbocycles. The van der Waals surface area contributed by atoms with E-state index in [1.807, 2.05) is 11.8 Å². The topological polar surface area (TPSA) is 109 Å². The summed E-state index contributed by atoms with van der Waals surface area (Å²) in [6.07, 6.45) is 2.76. The van der Waals surface area contributed by atoms with E-state index in [4.69, 9.17) is 0 Å². The predicted molar refractivity (Wildman–Crippen MR) is 92.8 cm³/mol. The Morgan fingerprint density at radius 3 is 2.46 bits per heavy atom. The molecule has 0 saturated carbocycles. The van der Waals surface area contributed by atoms with Crippen LogP contribution in [0.4, 0.5) is 11.8 Å². The van der Waals surface area contributed by atoms with Crippen LogP contribution in [0.25, 0.3) is 0 Å². The molecule has 2 aliphatic rings. The largest absolute Gasteiger partial charge is 0.353 e. The lowest BCUT2D eigenvalue weighted by Gasteiger charge is -2.28. The minimum absolute atomic E-state index is 0.0744. The second-order valence-corrected chi connectivity index (χ2v) is 10.8. The van der Waals surface area contributed by atoms with Gasteiger partial charge in [-0.3, -0.25) is 0 Å². The smallest absolute Gasteiger partial charge is 0.224 e. The summed E-state index contributed by atoms with van der Waals surface area (Å²) >= 11 is 0. The summed E-state index contributed by atoms with van der Waals surface area (Å²) in [5, 5.41) is 3.08. The zero-order chi connectivity index (χ0) is 17.4. The second kappa shape index (κ2) is 6.47. The van der Waals surface area contributed by atoms with Gasteiger partial charge in [0, 0.05) is 24.8 Å². The van der Waals surface area contributed by atoms with E-state index in [9.17, 15) is 16.8 Å². The number of nitrogens with zero attached hydrogens (tertiary/aromatic N) is 3. The molecule has 2 saturated heterocycles. The highest BCUT2D eigenvalue weighted by Crippen LogP contribution is 2.24. The van der Waals surface area contributed by atoms with Gasteiger partial charge in [0.1, 0.15) is 5.82 Å². The van der Waals surface area contributed by atoms with E-state index in [1.54, 1.807) is 12.3 Å². The molecule has 134 valence electrons. The van der Waals surface area contributed by atoms with Gasteiger partial charge in [0.25, 0.3) is 0 Å². The Balaban J connectivity index is 1.74. The molecular weight excluding hydrogens is 352 g/mol. The average Bonchev–Trinajstić information content (AvgIpc) is 3.02. The van der Waals surface area contributed by atoms with Crippen molar-refractivity contribution in [3.63, 3.8) is 0 Å². The third-order valence-electron chi connectivity index (χ3n) is 4.49. The Morgan fingerprint density at radius 2 is 1.88 bits per heavy atom. The zero-order valence-electron chi connectivity index (χ0n) is 13.6. The molecule has 0 amide bonds. The van der Waals surface area contributed by atoms with Gasteiger partial charge in [-0.2, -0.15) is 4.98 Å². The molecule has 0 bridgehead atoms. The third-order valence-corrected chi connectivity index (χ3v) is 8.01. The summed E-state index contributed by atoms with van der Waals surface area (Å²) in [5.74, 6) is 1.69. The number of rotatable bonds is 5. The summed E-state index contributed by atoms with van der Waals surface area (Å²) in [4.78, 5) is 10.6. The first-order chi connectivity index (χ1) is 11.3. The van der Waals surface area contributed by atoms with Crippen molar-refractivity contribution < 1.29 is 16.8 Å². The quantitative estimate of drug-likeness (QED) is 0.772. The molecule has 24 heavy (non-hydrogen) atoms. The van der Waals surface area contributed by atoms with Crippen LogP contribution >= 0.6 is 0 Å². The van der Waals surface area contributed by atoms with Gasteiger partial charge >= 0.3 is 0 Å². The number of aromatic nitrogens is 2. The van der Waals surface area contributed by atoms with E-state index in [1.165, 1.54) is 0 Å².